The van der Waals surface area contributed by atoms with Crippen LogP contribution in [0.25, 0.3) is 104 Å². The zero-order chi connectivity index (χ0) is 39.0. The Hall–Kier alpha value is -7.36. The summed E-state index contributed by atoms with van der Waals surface area (Å²) in [7, 11) is 0. The molecule has 0 spiro atoms. The van der Waals surface area contributed by atoms with E-state index in [-0.39, 0.29) is 0 Å². The average Bonchev–Trinajstić information content (AvgIpc) is 3.93. The molecule has 0 unspecified atom stereocenters. The summed E-state index contributed by atoms with van der Waals surface area (Å²) in [4.78, 5) is 0. The number of benzene rings is 9. The van der Waals surface area contributed by atoms with E-state index in [0.717, 1.165) is 6.42 Å². The first-order valence-corrected chi connectivity index (χ1v) is 20.9. The Bertz CT molecular complexity index is 3610. The van der Waals surface area contributed by atoms with Crippen LogP contribution in [0.2, 0.25) is 0 Å². The van der Waals surface area contributed by atoms with Gasteiger partial charge in [0.25, 0.3) is 0 Å². The Labute approximate surface area is 342 Å². The Balaban J connectivity index is 1.04. The number of para-hydroxylation sites is 3. The van der Waals surface area contributed by atoms with Crippen LogP contribution < -0.4 is 0 Å². The van der Waals surface area contributed by atoms with Gasteiger partial charge in [0.15, 0.2) is 0 Å². The van der Waals surface area contributed by atoms with Crippen LogP contribution in [0.1, 0.15) is 25.3 Å². The van der Waals surface area contributed by atoms with Crippen molar-refractivity contribution in [2.45, 2.75) is 26.2 Å². The van der Waals surface area contributed by atoms with Crippen molar-refractivity contribution in [1.29, 1.82) is 0 Å². The minimum atomic E-state index is 1.10. The molecule has 9 aromatic carbocycles. The maximum absolute atomic E-state index is 2.49. The fourth-order valence-corrected chi connectivity index (χ4v) is 9.86. The number of nitrogens with zero attached hydrogens (tertiary/aromatic N) is 3. The topological polar surface area (TPSA) is 14.8 Å². The van der Waals surface area contributed by atoms with Gasteiger partial charge in [0.1, 0.15) is 0 Å². The van der Waals surface area contributed by atoms with Crippen LogP contribution >= 0.6 is 0 Å². The van der Waals surface area contributed by atoms with Crippen molar-refractivity contribution in [3.8, 4) is 28.2 Å². The molecular formula is C56H41N3. The highest BCUT2D eigenvalue weighted by molar-refractivity contribution is 6.17. The van der Waals surface area contributed by atoms with Crippen molar-refractivity contribution >= 4 is 76.2 Å². The number of fused-ring (bicyclic) bond motifs is 10. The van der Waals surface area contributed by atoms with E-state index in [4.69, 9.17) is 0 Å². The molecule has 3 nitrogen and oxygen atoms in total. The third-order valence-corrected chi connectivity index (χ3v) is 12.6. The first-order valence-electron chi connectivity index (χ1n) is 20.9. The van der Waals surface area contributed by atoms with Gasteiger partial charge in [-0.2, -0.15) is 0 Å². The van der Waals surface area contributed by atoms with Crippen molar-refractivity contribution in [2.75, 3.05) is 0 Å². The highest BCUT2D eigenvalue weighted by Gasteiger charge is 2.20. The molecule has 0 radical (unpaired) electrons. The standard InChI is InChI=1S/C56H41N3/c1-2-3-14-37-15-12-18-42(33-37)58-51-24-11-8-21-46(51)56-54(58)25-13-26-55(56)59-50-23-10-7-20-45(50)48-36-41(29-32-53(48)59)40-28-31-52-47(35-40)44-19-6-9-22-49(44)57(52)43-30-27-38-16-4-5-17-39(38)34-43/h4-13,15-36H,2-3,14H2,1H3. The predicted octanol–water partition coefficient (Wildman–Crippen LogP) is 15.1. The second-order valence-corrected chi connectivity index (χ2v) is 16.0. The lowest BCUT2D eigenvalue weighted by Crippen LogP contribution is -1.97. The normalized spacial score (nSPS) is 12.0. The van der Waals surface area contributed by atoms with Crippen molar-refractivity contribution in [2.24, 2.45) is 0 Å². The second kappa shape index (κ2) is 13.4. The van der Waals surface area contributed by atoms with E-state index >= 15 is 0 Å². The predicted molar refractivity (Wildman–Crippen MR) is 251 cm³/mol. The fraction of sp³-hybridized carbons (Fsp3) is 0.0714. The minimum absolute atomic E-state index is 1.10. The third kappa shape index (κ3) is 5.21. The zero-order valence-corrected chi connectivity index (χ0v) is 32.9. The summed E-state index contributed by atoms with van der Waals surface area (Å²) in [6.07, 6.45) is 3.48. The molecule has 0 amide bonds. The van der Waals surface area contributed by atoms with Crippen LogP contribution in [0.15, 0.2) is 194 Å². The van der Waals surface area contributed by atoms with Gasteiger partial charge in [-0.3, -0.25) is 0 Å². The van der Waals surface area contributed by atoms with Crippen molar-refractivity contribution in [3.05, 3.63) is 200 Å². The summed E-state index contributed by atoms with van der Waals surface area (Å²) >= 11 is 0. The number of unbranched alkanes of at least 4 members (excludes halogenated alkanes) is 1. The Kier molecular flexibility index (Phi) is 7.64. The molecule has 3 heteroatoms. The summed E-state index contributed by atoms with van der Waals surface area (Å²) in [6, 6.07) is 72.0. The summed E-state index contributed by atoms with van der Waals surface area (Å²) < 4.78 is 7.37. The monoisotopic (exact) mass is 755 g/mol. The van der Waals surface area contributed by atoms with E-state index in [1.165, 1.54) is 123 Å². The van der Waals surface area contributed by atoms with Gasteiger partial charge < -0.3 is 13.7 Å². The number of hydrogen-bond donors (Lipinski definition) is 0. The van der Waals surface area contributed by atoms with Crippen LogP contribution in [0.5, 0.6) is 0 Å². The van der Waals surface area contributed by atoms with Crippen LogP contribution in [0.3, 0.4) is 0 Å². The summed E-state index contributed by atoms with van der Waals surface area (Å²) in [6.45, 7) is 2.26. The van der Waals surface area contributed by atoms with Crippen LogP contribution in [0, 0.1) is 0 Å². The highest BCUT2D eigenvalue weighted by atomic mass is 15.0. The molecule has 3 aromatic heterocycles. The molecule has 0 N–H and O–H groups in total. The largest absolute Gasteiger partial charge is 0.309 e. The minimum Gasteiger partial charge on any atom is -0.309 e. The van der Waals surface area contributed by atoms with Gasteiger partial charge in [0.2, 0.25) is 0 Å². The molecule has 0 saturated heterocycles. The van der Waals surface area contributed by atoms with Gasteiger partial charge in [-0.1, -0.05) is 129 Å². The molecule has 0 aliphatic heterocycles. The Morgan fingerprint density at radius 2 is 0.898 bits per heavy atom. The smallest absolute Gasteiger partial charge is 0.0562 e. The molecule has 0 fully saturated rings. The summed E-state index contributed by atoms with van der Waals surface area (Å²) in [5.41, 5.74) is 14.7. The van der Waals surface area contributed by atoms with E-state index in [1.54, 1.807) is 0 Å². The van der Waals surface area contributed by atoms with Gasteiger partial charge in [-0.15, -0.1) is 0 Å². The lowest BCUT2D eigenvalue weighted by atomic mass is 10.0. The molecule has 280 valence electrons. The van der Waals surface area contributed by atoms with Gasteiger partial charge in [0.05, 0.1) is 38.8 Å². The van der Waals surface area contributed by atoms with Gasteiger partial charge >= 0.3 is 0 Å². The SMILES string of the molecule is CCCCc1cccc(-n2c3ccccc3c3c(-n4c5ccccc5c5cc(-c6ccc7c(c6)c6ccccc6n7-c6ccc7ccccc7c6)ccc54)cccc32)c1. The summed E-state index contributed by atoms with van der Waals surface area (Å²) in [5.74, 6) is 0. The van der Waals surface area contributed by atoms with E-state index in [9.17, 15) is 0 Å². The molecule has 3 heterocycles. The quantitative estimate of drug-likeness (QED) is 0.154. The lowest BCUT2D eigenvalue weighted by molar-refractivity contribution is 0.794. The molecule has 0 saturated carbocycles. The molecule has 12 aromatic rings. The van der Waals surface area contributed by atoms with Crippen LogP contribution in [-0.4, -0.2) is 13.7 Å². The number of aryl methyl sites for hydroxylation is 1. The molecule has 0 aliphatic carbocycles. The van der Waals surface area contributed by atoms with Crippen molar-refractivity contribution < 1.29 is 0 Å². The Morgan fingerprint density at radius 3 is 1.63 bits per heavy atom. The van der Waals surface area contributed by atoms with Crippen LogP contribution in [0.4, 0.5) is 0 Å². The van der Waals surface area contributed by atoms with E-state index in [2.05, 4.69) is 215 Å². The van der Waals surface area contributed by atoms with Gasteiger partial charge in [-0.25, -0.2) is 0 Å². The Morgan fingerprint density at radius 1 is 0.356 bits per heavy atom. The average molecular weight is 756 g/mol. The second-order valence-electron chi connectivity index (χ2n) is 16.0. The van der Waals surface area contributed by atoms with E-state index in [1.807, 2.05) is 0 Å². The maximum atomic E-state index is 2.49. The number of aromatic nitrogens is 3. The molecule has 0 atom stereocenters. The van der Waals surface area contributed by atoms with Crippen molar-refractivity contribution in [3.63, 3.8) is 0 Å². The summed E-state index contributed by atoms with van der Waals surface area (Å²) in [5, 5.41) is 10.0. The maximum Gasteiger partial charge on any atom is 0.0562 e. The van der Waals surface area contributed by atoms with Crippen molar-refractivity contribution in [1.82, 2.24) is 13.7 Å². The van der Waals surface area contributed by atoms with E-state index < -0.39 is 0 Å². The number of hydrogen-bond acceptors (Lipinski definition) is 0. The molecule has 0 aliphatic rings. The first-order chi connectivity index (χ1) is 29.2. The lowest BCUT2D eigenvalue weighted by Gasteiger charge is -2.12. The van der Waals surface area contributed by atoms with Crippen LogP contribution in [-0.2, 0) is 6.42 Å². The third-order valence-electron chi connectivity index (χ3n) is 12.6. The van der Waals surface area contributed by atoms with E-state index in [0.29, 0.717) is 0 Å². The zero-order valence-electron chi connectivity index (χ0n) is 32.9. The molecule has 12 rings (SSSR count). The fourth-order valence-electron chi connectivity index (χ4n) is 9.86. The molecule has 59 heavy (non-hydrogen) atoms. The first kappa shape index (κ1) is 33.7. The van der Waals surface area contributed by atoms with Gasteiger partial charge in [-0.05, 0) is 119 Å². The number of rotatable bonds is 7. The van der Waals surface area contributed by atoms with Gasteiger partial charge in [0, 0.05) is 43.7 Å². The molecule has 0 bridgehead atoms. The highest BCUT2D eigenvalue weighted by Crippen LogP contribution is 2.42. The molecular weight excluding hydrogens is 715 g/mol.